The molecule has 0 bridgehead atoms. The standard InChI is InChI=1S/C14H17N5O3/c1-18(2)13(20)12-10-7-19(8-11(10)22-17-12)14(21)16-9-4-3-5-15-6-9/h3-6,10-11H,7-8H2,1-2H3,(H,16,21). The summed E-state index contributed by atoms with van der Waals surface area (Å²) in [5.74, 6) is -0.350. The van der Waals surface area contributed by atoms with Crippen molar-refractivity contribution in [3.63, 3.8) is 0 Å². The molecule has 3 heterocycles. The maximum absolute atomic E-state index is 12.3. The molecule has 2 aliphatic heterocycles. The van der Waals surface area contributed by atoms with Crippen molar-refractivity contribution in [3.05, 3.63) is 24.5 Å². The van der Waals surface area contributed by atoms with Crippen LogP contribution in [0.3, 0.4) is 0 Å². The number of amides is 3. The van der Waals surface area contributed by atoms with Crippen LogP contribution in [0.5, 0.6) is 0 Å². The molecule has 0 aromatic carbocycles. The van der Waals surface area contributed by atoms with Gasteiger partial charge in [-0.05, 0) is 12.1 Å². The van der Waals surface area contributed by atoms with Gasteiger partial charge in [-0.1, -0.05) is 5.16 Å². The fourth-order valence-electron chi connectivity index (χ4n) is 2.57. The third-order valence-electron chi connectivity index (χ3n) is 3.73. The number of hydrogen-bond donors (Lipinski definition) is 1. The van der Waals surface area contributed by atoms with Crippen LogP contribution in [0.15, 0.2) is 29.7 Å². The lowest BCUT2D eigenvalue weighted by molar-refractivity contribution is -0.122. The molecule has 22 heavy (non-hydrogen) atoms. The van der Waals surface area contributed by atoms with Gasteiger partial charge in [0.1, 0.15) is 0 Å². The Labute approximate surface area is 127 Å². The highest BCUT2D eigenvalue weighted by Crippen LogP contribution is 2.28. The molecule has 1 fully saturated rings. The van der Waals surface area contributed by atoms with Crippen LogP contribution in [0, 0.1) is 5.92 Å². The van der Waals surface area contributed by atoms with E-state index in [-0.39, 0.29) is 24.0 Å². The molecule has 1 N–H and O–H groups in total. The highest BCUT2D eigenvalue weighted by atomic mass is 16.6. The maximum Gasteiger partial charge on any atom is 0.322 e. The molecule has 2 atom stereocenters. The zero-order valence-electron chi connectivity index (χ0n) is 12.4. The van der Waals surface area contributed by atoms with E-state index in [0.717, 1.165) is 0 Å². The van der Waals surface area contributed by atoms with Crippen LogP contribution < -0.4 is 5.32 Å². The smallest absolute Gasteiger partial charge is 0.322 e. The highest BCUT2D eigenvalue weighted by molar-refractivity contribution is 6.40. The summed E-state index contributed by atoms with van der Waals surface area (Å²) >= 11 is 0. The fourth-order valence-corrected chi connectivity index (χ4v) is 2.57. The van der Waals surface area contributed by atoms with Gasteiger partial charge >= 0.3 is 6.03 Å². The Morgan fingerprint density at radius 3 is 2.91 bits per heavy atom. The van der Waals surface area contributed by atoms with E-state index in [1.165, 1.54) is 4.90 Å². The summed E-state index contributed by atoms with van der Waals surface area (Å²) in [4.78, 5) is 36.6. The zero-order valence-corrected chi connectivity index (χ0v) is 12.4. The van der Waals surface area contributed by atoms with E-state index in [0.29, 0.717) is 24.5 Å². The number of oxime groups is 1. The highest BCUT2D eigenvalue weighted by Gasteiger charge is 2.46. The number of nitrogens with zero attached hydrogens (tertiary/aromatic N) is 4. The first-order valence-corrected chi connectivity index (χ1v) is 6.97. The first-order chi connectivity index (χ1) is 10.6. The minimum atomic E-state index is -0.251. The van der Waals surface area contributed by atoms with Gasteiger partial charge in [0.15, 0.2) is 11.8 Å². The fraction of sp³-hybridized carbons (Fsp3) is 0.429. The van der Waals surface area contributed by atoms with Crippen molar-refractivity contribution in [2.75, 3.05) is 32.5 Å². The van der Waals surface area contributed by atoms with Gasteiger partial charge in [0.05, 0.1) is 24.3 Å². The molecule has 0 spiro atoms. The molecule has 1 aromatic rings. The van der Waals surface area contributed by atoms with Crippen LogP contribution in [0.4, 0.5) is 10.5 Å². The second kappa shape index (κ2) is 5.63. The van der Waals surface area contributed by atoms with Crippen molar-refractivity contribution < 1.29 is 14.4 Å². The van der Waals surface area contributed by atoms with Gasteiger partial charge in [-0.2, -0.15) is 0 Å². The molecule has 1 aromatic heterocycles. The van der Waals surface area contributed by atoms with Crippen LogP contribution >= 0.6 is 0 Å². The number of anilines is 1. The topological polar surface area (TPSA) is 87.1 Å². The summed E-state index contributed by atoms with van der Waals surface area (Å²) in [5, 5.41) is 6.65. The number of urea groups is 1. The molecular formula is C14H17N5O3. The Kier molecular flexibility index (Phi) is 3.66. The number of carbonyl (C=O) groups is 2. The molecule has 1 saturated heterocycles. The molecule has 8 nitrogen and oxygen atoms in total. The Balaban J connectivity index is 1.64. The number of carbonyl (C=O) groups excluding carboxylic acids is 2. The van der Waals surface area contributed by atoms with E-state index in [1.807, 2.05) is 0 Å². The van der Waals surface area contributed by atoms with Crippen LogP contribution in [-0.2, 0) is 9.63 Å². The monoisotopic (exact) mass is 303 g/mol. The van der Waals surface area contributed by atoms with Gasteiger partial charge in [-0.3, -0.25) is 9.78 Å². The van der Waals surface area contributed by atoms with Crippen molar-refractivity contribution in [2.24, 2.45) is 11.1 Å². The number of fused-ring (bicyclic) bond motifs is 1. The number of rotatable bonds is 2. The van der Waals surface area contributed by atoms with Gasteiger partial charge in [-0.25, -0.2) is 4.79 Å². The first-order valence-electron chi connectivity index (χ1n) is 6.97. The third-order valence-corrected chi connectivity index (χ3v) is 3.73. The van der Waals surface area contributed by atoms with Gasteiger partial charge in [0.2, 0.25) is 0 Å². The van der Waals surface area contributed by atoms with E-state index in [1.54, 1.807) is 43.5 Å². The van der Waals surface area contributed by atoms with Crippen LogP contribution in [0.1, 0.15) is 0 Å². The minimum absolute atomic E-state index is 0.172. The van der Waals surface area contributed by atoms with Crippen molar-refractivity contribution in [3.8, 4) is 0 Å². The molecule has 8 heteroatoms. The lowest BCUT2D eigenvalue weighted by atomic mass is 10.0. The molecule has 0 aliphatic carbocycles. The molecule has 3 rings (SSSR count). The lowest BCUT2D eigenvalue weighted by Crippen LogP contribution is -2.37. The average molecular weight is 303 g/mol. The molecule has 0 saturated carbocycles. The summed E-state index contributed by atoms with van der Waals surface area (Å²) in [6.45, 7) is 0.819. The summed E-state index contributed by atoms with van der Waals surface area (Å²) in [6.07, 6.45) is 2.96. The zero-order chi connectivity index (χ0) is 15.7. The van der Waals surface area contributed by atoms with Gasteiger partial charge in [0, 0.05) is 26.8 Å². The van der Waals surface area contributed by atoms with E-state index in [9.17, 15) is 9.59 Å². The van der Waals surface area contributed by atoms with Gasteiger partial charge in [-0.15, -0.1) is 0 Å². The quantitative estimate of drug-likeness (QED) is 0.856. The molecule has 2 unspecified atom stereocenters. The molecule has 116 valence electrons. The summed E-state index contributed by atoms with van der Waals surface area (Å²) in [5.41, 5.74) is 1.01. The maximum atomic E-state index is 12.3. The van der Waals surface area contributed by atoms with E-state index in [2.05, 4.69) is 15.5 Å². The number of aromatic nitrogens is 1. The predicted octanol–water partition coefficient (Wildman–Crippen LogP) is 0.388. The molecule has 2 aliphatic rings. The second-order valence-corrected chi connectivity index (χ2v) is 5.50. The van der Waals surface area contributed by atoms with Crippen molar-refractivity contribution in [1.29, 1.82) is 0 Å². The molecule has 3 amide bonds. The number of nitrogens with one attached hydrogen (secondary N) is 1. The Morgan fingerprint density at radius 1 is 1.41 bits per heavy atom. The van der Waals surface area contributed by atoms with E-state index < -0.39 is 0 Å². The van der Waals surface area contributed by atoms with Gasteiger partial charge in [0.25, 0.3) is 5.91 Å². The molecular weight excluding hydrogens is 286 g/mol. The average Bonchev–Trinajstić information content (AvgIpc) is 3.07. The normalized spacial score (nSPS) is 22.6. The van der Waals surface area contributed by atoms with Crippen LogP contribution in [0.2, 0.25) is 0 Å². The van der Waals surface area contributed by atoms with Crippen LogP contribution in [-0.4, -0.2) is 65.7 Å². The lowest BCUT2D eigenvalue weighted by Gasteiger charge is -2.18. The summed E-state index contributed by atoms with van der Waals surface area (Å²) < 4.78 is 0. The third kappa shape index (κ3) is 2.59. The first kappa shape index (κ1) is 14.3. The second-order valence-electron chi connectivity index (χ2n) is 5.50. The number of likely N-dealkylation sites (tertiary alicyclic amines) is 1. The largest absolute Gasteiger partial charge is 0.389 e. The van der Waals surface area contributed by atoms with E-state index in [4.69, 9.17) is 4.84 Å². The number of pyridine rings is 1. The number of hydrogen-bond acceptors (Lipinski definition) is 5. The summed E-state index contributed by atoms with van der Waals surface area (Å²) in [6, 6.07) is 3.28. The van der Waals surface area contributed by atoms with Crippen molar-refractivity contribution in [1.82, 2.24) is 14.8 Å². The van der Waals surface area contributed by atoms with E-state index >= 15 is 0 Å². The van der Waals surface area contributed by atoms with Crippen molar-refractivity contribution >= 4 is 23.3 Å². The van der Waals surface area contributed by atoms with Crippen LogP contribution in [0.25, 0.3) is 0 Å². The predicted molar refractivity (Wildman–Crippen MR) is 79.3 cm³/mol. The Hall–Kier alpha value is -2.64. The molecule has 0 radical (unpaired) electrons. The van der Waals surface area contributed by atoms with Crippen molar-refractivity contribution in [2.45, 2.75) is 6.10 Å². The Bertz CT molecular complexity index is 616. The summed E-state index contributed by atoms with van der Waals surface area (Å²) in [7, 11) is 3.33. The van der Waals surface area contributed by atoms with Gasteiger partial charge < -0.3 is 20.0 Å². The minimum Gasteiger partial charge on any atom is -0.389 e. The SMILES string of the molecule is CN(C)C(=O)C1=NOC2CN(C(=O)Nc3cccnc3)CC12. The Morgan fingerprint density at radius 2 is 2.23 bits per heavy atom.